The first-order valence-corrected chi connectivity index (χ1v) is 11.6. The molecule has 5 nitrogen and oxygen atoms in total. The van der Waals surface area contributed by atoms with Crippen LogP contribution in [0.25, 0.3) is 0 Å². The Bertz CT molecular complexity index is 1070. The average molecular weight is 509 g/mol. The van der Waals surface area contributed by atoms with Crippen LogP contribution in [0, 0.1) is 5.41 Å². The zero-order valence-corrected chi connectivity index (χ0v) is 19.7. The van der Waals surface area contributed by atoms with E-state index in [1.807, 2.05) is 91.0 Å². The van der Waals surface area contributed by atoms with E-state index in [9.17, 15) is 9.59 Å². The largest absolute Gasteiger partial charge is 0.460 e. The lowest BCUT2D eigenvalue weighted by molar-refractivity contribution is -0.159. The lowest BCUT2D eigenvalue weighted by atomic mass is 10.1. The van der Waals surface area contributed by atoms with Gasteiger partial charge in [0.15, 0.2) is 0 Å². The maximum Gasteiger partial charge on any atom is 0.324 e. The number of hydrogen-bond acceptors (Lipinski definition) is 5. The van der Waals surface area contributed by atoms with E-state index in [-0.39, 0.29) is 26.2 Å². The van der Waals surface area contributed by atoms with Crippen molar-refractivity contribution in [2.75, 3.05) is 6.61 Å². The second-order valence-electron chi connectivity index (χ2n) is 8.16. The standard InChI is InChI=1S/C27H25BrO5/c28-27(25(30)33-18-23-14-8-3-9-15-23)19-26(27,20-31-16-21-10-4-1-5-11-21)24(29)32-17-22-12-6-2-7-13-22/h1-15H,16-20H2. The number of alkyl halides is 1. The Morgan fingerprint density at radius 3 is 1.58 bits per heavy atom. The number of esters is 2. The highest BCUT2D eigenvalue weighted by Crippen LogP contribution is 2.64. The first-order chi connectivity index (χ1) is 16.0. The summed E-state index contributed by atoms with van der Waals surface area (Å²) in [6.45, 7) is 0.632. The van der Waals surface area contributed by atoms with Crippen LogP contribution < -0.4 is 0 Å². The lowest BCUT2D eigenvalue weighted by Crippen LogP contribution is -2.36. The molecule has 0 spiro atoms. The molecule has 33 heavy (non-hydrogen) atoms. The molecule has 3 aromatic rings. The molecule has 3 aromatic carbocycles. The third-order valence-electron chi connectivity index (χ3n) is 5.78. The third-order valence-corrected chi connectivity index (χ3v) is 7.14. The van der Waals surface area contributed by atoms with E-state index < -0.39 is 21.7 Å². The van der Waals surface area contributed by atoms with Crippen LogP contribution in [0.1, 0.15) is 23.1 Å². The molecule has 0 N–H and O–H groups in total. The molecule has 4 rings (SSSR count). The Labute approximate surface area is 201 Å². The first kappa shape index (κ1) is 23.2. The summed E-state index contributed by atoms with van der Waals surface area (Å²) in [7, 11) is 0. The van der Waals surface area contributed by atoms with Crippen LogP contribution in [-0.2, 0) is 43.6 Å². The van der Waals surface area contributed by atoms with Gasteiger partial charge in [0, 0.05) is 0 Å². The predicted octanol–water partition coefficient (Wildman–Crippen LogP) is 5.21. The topological polar surface area (TPSA) is 61.8 Å². The maximum atomic E-state index is 13.2. The summed E-state index contributed by atoms with van der Waals surface area (Å²) in [6.07, 6.45) is 0.246. The molecule has 0 bridgehead atoms. The minimum atomic E-state index is -1.18. The molecule has 0 aromatic heterocycles. The summed E-state index contributed by atoms with van der Waals surface area (Å²) in [6, 6.07) is 28.5. The Hall–Kier alpha value is -2.96. The molecule has 2 atom stereocenters. The zero-order chi connectivity index (χ0) is 23.2. The van der Waals surface area contributed by atoms with E-state index in [4.69, 9.17) is 14.2 Å². The summed E-state index contributed by atoms with van der Waals surface area (Å²) in [4.78, 5) is 26.2. The SMILES string of the molecule is O=C(OCc1ccccc1)C1(Br)CC1(COCc1ccccc1)C(=O)OCc1ccccc1. The van der Waals surface area contributed by atoms with Crippen molar-refractivity contribution in [2.24, 2.45) is 5.41 Å². The number of rotatable bonds is 10. The Morgan fingerprint density at radius 2 is 1.09 bits per heavy atom. The highest BCUT2D eigenvalue weighted by atomic mass is 79.9. The van der Waals surface area contributed by atoms with Crippen molar-refractivity contribution >= 4 is 27.9 Å². The molecule has 170 valence electrons. The minimum Gasteiger partial charge on any atom is -0.460 e. The van der Waals surface area contributed by atoms with Crippen molar-refractivity contribution in [2.45, 2.75) is 30.6 Å². The van der Waals surface area contributed by atoms with E-state index in [2.05, 4.69) is 15.9 Å². The summed E-state index contributed by atoms with van der Waals surface area (Å²) < 4.78 is 15.9. The van der Waals surface area contributed by atoms with Crippen LogP contribution in [-0.4, -0.2) is 22.9 Å². The van der Waals surface area contributed by atoms with Crippen LogP contribution in [0.3, 0.4) is 0 Å². The number of benzene rings is 3. The van der Waals surface area contributed by atoms with Crippen LogP contribution in [0.15, 0.2) is 91.0 Å². The molecule has 0 heterocycles. The van der Waals surface area contributed by atoms with E-state index in [0.29, 0.717) is 6.61 Å². The smallest absolute Gasteiger partial charge is 0.324 e. The summed E-state index contributed by atoms with van der Waals surface area (Å²) >= 11 is 3.51. The van der Waals surface area contributed by atoms with Crippen molar-refractivity contribution in [3.8, 4) is 0 Å². The Morgan fingerprint density at radius 1 is 0.667 bits per heavy atom. The second-order valence-corrected chi connectivity index (χ2v) is 9.52. The average Bonchev–Trinajstić information content (AvgIpc) is 3.49. The zero-order valence-electron chi connectivity index (χ0n) is 18.1. The fourth-order valence-electron chi connectivity index (χ4n) is 3.71. The molecule has 1 fully saturated rings. The second kappa shape index (κ2) is 10.3. The molecule has 1 aliphatic rings. The summed E-state index contributed by atoms with van der Waals surface area (Å²) in [5.74, 6) is -0.973. The first-order valence-electron chi connectivity index (χ1n) is 10.8. The fraction of sp³-hybridized carbons (Fsp3) is 0.259. The lowest BCUT2D eigenvalue weighted by Gasteiger charge is -2.20. The van der Waals surface area contributed by atoms with E-state index in [1.165, 1.54) is 0 Å². The van der Waals surface area contributed by atoms with Gasteiger partial charge >= 0.3 is 11.9 Å². The van der Waals surface area contributed by atoms with Gasteiger partial charge in [-0.1, -0.05) is 107 Å². The molecular weight excluding hydrogens is 484 g/mol. The van der Waals surface area contributed by atoms with E-state index in [1.54, 1.807) is 0 Å². The summed E-state index contributed by atoms with van der Waals surface area (Å²) in [5.41, 5.74) is 1.58. The molecular formula is C27H25BrO5. The van der Waals surface area contributed by atoms with Gasteiger partial charge in [-0.25, -0.2) is 0 Å². The monoisotopic (exact) mass is 508 g/mol. The number of carbonyl (C=O) groups is 2. The van der Waals surface area contributed by atoms with Crippen molar-refractivity contribution in [3.05, 3.63) is 108 Å². The molecule has 0 amide bonds. The summed E-state index contributed by atoms with van der Waals surface area (Å²) in [5, 5.41) is 0. The van der Waals surface area contributed by atoms with Crippen molar-refractivity contribution in [1.82, 2.24) is 0 Å². The van der Waals surface area contributed by atoms with Gasteiger partial charge in [0.25, 0.3) is 0 Å². The van der Waals surface area contributed by atoms with Gasteiger partial charge in [-0.2, -0.15) is 0 Å². The maximum absolute atomic E-state index is 13.2. The van der Waals surface area contributed by atoms with Gasteiger partial charge < -0.3 is 14.2 Å². The molecule has 0 radical (unpaired) electrons. The van der Waals surface area contributed by atoms with Gasteiger partial charge in [-0.05, 0) is 23.1 Å². The normalized spacial score (nSPS) is 21.2. The van der Waals surface area contributed by atoms with Crippen molar-refractivity contribution in [3.63, 3.8) is 0 Å². The van der Waals surface area contributed by atoms with Gasteiger partial charge in [0.1, 0.15) is 23.0 Å². The molecule has 0 saturated heterocycles. The molecule has 1 saturated carbocycles. The van der Waals surface area contributed by atoms with E-state index >= 15 is 0 Å². The number of ether oxygens (including phenoxy) is 3. The minimum absolute atomic E-state index is 0.0429. The van der Waals surface area contributed by atoms with Gasteiger partial charge in [-0.3, -0.25) is 9.59 Å². The highest BCUT2D eigenvalue weighted by molar-refractivity contribution is 9.10. The van der Waals surface area contributed by atoms with Crippen molar-refractivity contribution in [1.29, 1.82) is 0 Å². The highest BCUT2D eigenvalue weighted by Gasteiger charge is 2.77. The van der Waals surface area contributed by atoms with E-state index in [0.717, 1.165) is 16.7 Å². The number of hydrogen-bond donors (Lipinski definition) is 0. The molecule has 2 unspecified atom stereocenters. The predicted molar refractivity (Wildman–Crippen MR) is 127 cm³/mol. The molecule has 1 aliphatic carbocycles. The van der Waals surface area contributed by atoms with Crippen LogP contribution in [0.2, 0.25) is 0 Å². The fourth-order valence-corrected chi connectivity index (χ4v) is 4.58. The molecule has 6 heteroatoms. The Balaban J connectivity index is 1.43. The third kappa shape index (κ3) is 5.34. The Kier molecular flexibility index (Phi) is 7.26. The van der Waals surface area contributed by atoms with Crippen LogP contribution >= 0.6 is 15.9 Å². The van der Waals surface area contributed by atoms with Crippen LogP contribution in [0.5, 0.6) is 0 Å². The quantitative estimate of drug-likeness (QED) is 0.277. The van der Waals surface area contributed by atoms with Gasteiger partial charge in [-0.15, -0.1) is 0 Å². The van der Waals surface area contributed by atoms with Gasteiger partial charge in [0.2, 0.25) is 0 Å². The van der Waals surface area contributed by atoms with Gasteiger partial charge in [0.05, 0.1) is 13.2 Å². The van der Waals surface area contributed by atoms with Crippen molar-refractivity contribution < 1.29 is 23.8 Å². The number of halogens is 1. The van der Waals surface area contributed by atoms with Crippen LogP contribution in [0.4, 0.5) is 0 Å². The number of carbonyl (C=O) groups excluding carboxylic acids is 2. The molecule has 0 aliphatic heterocycles.